The van der Waals surface area contributed by atoms with Crippen LogP contribution in [-0.2, 0) is 9.53 Å². The first-order valence-electron chi connectivity index (χ1n) is 9.98. The van der Waals surface area contributed by atoms with Gasteiger partial charge in [-0.3, -0.25) is 4.79 Å². The molecule has 1 aliphatic carbocycles. The van der Waals surface area contributed by atoms with Gasteiger partial charge in [0.15, 0.2) is 0 Å². The number of ether oxygens (including phenoxy) is 1. The highest BCUT2D eigenvalue weighted by Gasteiger charge is 2.13. The van der Waals surface area contributed by atoms with E-state index in [-0.39, 0.29) is 5.97 Å². The molecule has 0 aliphatic heterocycles. The molecule has 0 atom stereocenters. The van der Waals surface area contributed by atoms with Crippen molar-refractivity contribution in [3.8, 4) is 0 Å². The van der Waals surface area contributed by atoms with Gasteiger partial charge in [-0.05, 0) is 18.8 Å². The average Bonchev–Trinajstić information content (AvgIpc) is 2.54. The molecule has 130 valence electrons. The van der Waals surface area contributed by atoms with Gasteiger partial charge in [-0.2, -0.15) is 0 Å². The van der Waals surface area contributed by atoms with Crippen molar-refractivity contribution in [3.63, 3.8) is 0 Å². The quantitative estimate of drug-likeness (QED) is 0.290. The lowest BCUT2D eigenvalue weighted by molar-refractivity contribution is -0.144. The van der Waals surface area contributed by atoms with Crippen LogP contribution >= 0.6 is 0 Å². The van der Waals surface area contributed by atoms with Crippen LogP contribution in [0.3, 0.4) is 0 Å². The Labute approximate surface area is 138 Å². The van der Waals surface area contributed by atoms with E-state index < -0.39 is 0 Å². The molecule has 0 bridgehead atoms. The second-order valence-corrected chi connectivity index (χ2v) is 7.09. The number of unbranched alkanes of at least 4 members (excludes halogenated alkanes) is 8. The minimum atomic E-state index is 0.0266. The van der Waals surface area contributed by atoms with Gasteiger partial charge in [-0.25, -0.2) is 0 Å². The molecule has 1 fully saturated rings. The third kappa shape index (κ3) is 11.1. The van der Waals surface area contributed by atoms with Gasteiger partial charge < -0.3 is 4.74 Å². The maximum Gasteiger partial charge on any atom is 0.305 e. The first kappa shape index (κ1) is 19.5. The minimum Gasteiger partial charge on any atom is -0.466 e. The third-order valence-corrected chi connectivity index (χ3v) is 5.00. The number of hydrogen-bond donors (Lipinski definition) is 0. The number of hydrogen-bond acceptors (Lipinski definition) is 2. The summed E-state index contributed by atoms with van der Waals surface area (Å²) in [7, 11) is 0. The zero-order valence-corrected chi connectivity index (χ0v) is 14.9. The number of carbonyl (C=O) groups is 1. The van der Waals surface area contributed by atoms with Crippen LogP contribution in [0.4, 0.5) is 0 Å². The Morgan fingerprint density at radius 3 is 2.09 bits per heavy atom. The molecular weight excluding hydrogens is 272 g/mol. The van der Waals surface area contributed by atoms with Crippen LogP contribution < -0.4 is 0 Å². The monoisotopic (exact) mass is 310 g/mol. The standard InChI is InChI=1S/C20H38O2/c1-2-3-4-5-6-7-8-9-13-16-20(21)22-18-17-19-14-11-10-12-15-19/h19H,2-18H2,1H3. The molecule has 0 radical (unpaired) electrons. The minimum absolute atomic E-state index is 0.0266. The van der Waals surface area contributed by atoms with Crippen LogP contribution in [0, 0.1) is 5.92 Å². The largest absolute Gasteiger partial charge is 0.466 e. The van der Waals surface area contributed by atoms with E-state index in [2.05, 4.69) is 6.92 Å². The van der Waals surface area contributed by atoms with Crippen molar-refractivity contribution in [2.45, 2.75) is 110 Å². The van der Waals surface area contributed by atoms with E-state index in [0.29, 0.717) is 13.0 Å². The molecule has 0 aromatic heterocycles. The zero-order chi connectivity index (χ0) is 15.9. The molecule has 2 heteroatoms. The van der Waals surface area contributed by atoms with E-state index in [1.807, 2.05) is 0 Å². The lowest BCUT2D eigenvalue weighted by atomic mass is 9.87. The van der Waals surface area contributed by atoms with Gasteiger partial charge in [0.25, 0.3) is 0 Å². The van der Waals surface area contributed by atoms with Crippen molar-refractivity contribution >= 4 is 5.97 Å². The lowest BCUT2D eigenvalue weighted by Gasteiger charge is -2.21. The molecule has 0 saturated heterocycles. The highest BCUT2D eigenvalue weighted by atomic mass is 16.5. The molecule has 1 saturated carbocycles. The van der Waals surface area contributed by atoms with E-state index in [1.54, 1.807) is 0 Å². The van der Waals surface area contributed by atoms with Crippen molar-refractivity contribution in [2.75, 3.05) is 6.61 Å². The Kier molecular flexibility index (Phi) is 12.5. The van der Waals surface area contributed by atoms with Crippen molar-refractivity contribution in [1.29, 1.82) is 0 Å². The van der Waals surface area contributed by atoms with Gasteiger partial charge >= 0.3 is 5.97 Å². The van der Waals surface area contributed by atoms with E-state index >= 15 is 0 Å². The van der Waals surface area contributed by atoms with Crippen molar-refractivity contribution in [3.05, 3.63) is 0 Å². The van der Waals surface area contributed by atoms with E-state index in [9.17, 15) is 4.79 Å². The maximum absolute atomic E-state index is 11.7. The predicted octanol–water partition coefficient (Wildman–Crippen LogP) is 6.42. The van der Waals surface area contributed by atoms with Crippen LogP contribution in [0.5, 0.6) is 0 Å². The molecular formula is C20H38O2. The van der Waals surface area contributed by atoms with E-state index in [0.717, 1.165) is 18.8 Å². The van der Waals surface area contributed by atoms with Gasteiger partial charge in [0.05, 0.1) is 6.61 Å². The van der Waals surface area contributed by atoms with Crippen molar-refractivity contribution in [2.24, 2.45) is 5.92 Å². The van der Waals surface area contributed by atoms with Gasteiger partial charge in [-0.1, -0.05) is 90.4 Å². The zero-order valence-electron chi connectivity index (χ0n) is 14.9. The van der Waals surface area contributed by atoms with Crippen LogP contribution in [0.15, 0.2) is 0 Å². The maximum atomic E-state index is 11.7. The molecule has 0 N–H and O–H groups in total. The van der Waals surface area contributed by atoms with Crippen LogP contribution in [0.25, 0.3) is 0 Å². The van der Waals surface area contributed by atoms with Crippen LogP contribution in [-0.4, -0.2) is 12.6 Å². The molecule has 0 aromatic rings. The molecule has 2 nitrogen and oxygen atoms in total. The predicted molar refractivity (Wildman–Crippen MR) is 94.0 cm³/mol. The molecule has 0 aromatic carbocycles. The summed E-state index contributed by atoms with van der Waals surface area (Å²) < 4.78 is 5.38. The molecule has 22 heavy (non-hydrogen) atoms. The second-order valence-electron chi connectivity index (χ2n) is 7.09. The molecule has 1 aliphatic rings. The fourth-order valence-corrected chi connectivity index (χ4v) is 3.47. The van der Waals surface area contributed by atoms with Gasteiger partial charge in [-0.15, -0.1) is 0 Å². The summed E-state index contributed by atoms with van der Waals surface area (Å²) in [5.41, 5.74) is 0. The summed E-state index contributed by atoms with van der Waals surface area (Å²) >= 11 is 0. The Hall–Kier alpha value is -0.530. The van der Waals surface area contributed by atoms with Crippen LogP contribution in [0.1, 0.15) is 110 Å². The molecule has 0 heterocycles. The van der Waals surface area contributed by atoms with Crippen molar-refractivity contribution < 1.29 is 9.53 Å². The number of esters is 1. The highest BCUT2D eigenvalue weighted by molar-refractivity contribution is 5.69. The van der Waals surface area contributed by atoms with Gasteiger partial charge in [0.1, 0.15) is 0 Å². The van der Waals surface area contributed by atoms with Gasteiger partial charge in [0, 0.05) is 6.42 Å². The van der Waals surface area contributed by atoms with E-state index in [1.165, 1.54) is 83.5 Å². The van der Waals surface area contributed by atoms with Gasteiger partial charge in [0.2, 0.25) is 0 Å². The van der Waals surface area contributed by atoms with E-state index in [4.69, 9.17) is 4.74 Å². The smallest absolute Gasteiger partial charge is 0.305 e. The van der Waals surface area contributed by atoms with Crippen LogP contribution in [0.2, 0.25) is 0 Å². The molecule has 0 unspecified atom stereocenters. The normalized spacial score (nSPS) is 15.9. The van der Waals surface area contributed by atoms with Crippen molar-refractivity contribution in [1.82, 2.24) is 0 Å². The number of carbonyl (C=O) groups excluding carboxylic acids is 1. The second kappa shape index (κ2) is 14.1. The first-order chi connectivity index (χ1) is 10.8. The molecule has 0 amide bonds. The first-order valence-corrected chi connectivity index (χ1v) is 9.98. The SMILES string of the molecule is CCCCCCCCCCCC(=O)OCCC1CCCCC1. The third-order valence-electron chi connectivity index (χ3n) is 5.00. The lowest BCUT2D eigenvalue weighted by Crippen LogP contribution is -2.12. The topological polar surface area (TPSA) is 26.3 Å². The summed E-state index contributed by atoms with van der Waals surface area (Å²) in [6.07, 6.45) is 20.2. The Morgan fingerprint density at radius 1 is 0.864 bits per heavy atom. The summed E-state index contributed by atoms with van der Waals surface area (Å²) in [6, 6.07) is 0. The number of rotatable bonds is 13. The fraction of sp³-hybridized carbons (Fsp3) is 0.950. The molecule has 1 rings (SSSR count). The Bertz CT molecular complexity index is 256. The average molecular weight is 311 g/mol. The summed E-state index contributed by atoms with van der Waals surface area (Å²) in [6.45, 7) is 2.91. The summed E-state index contributed by atoms with van der Waals surface area (Å²) in [4.78, 5) is 11.7. The Balaban J connectivity index is 1.81. The Morgan fingerprint density at radius 2 is 1.45 bits per heavy atom. The summed E-state index contributed by atoms with van der Waals surface area (Å²) in [5, 5.41) is 0. The summed E-state index contributed by atoms with van der Waals surface area (Å²) in [5.74, 6) is 0.841. The fourth-order valence-electron chi connectivity index (χ4n) is 3.47. The highest BCUT2D eigenvalue weighted by Crippen LogP contribution is 2.26. The molecule has 0 spiro atoms.